The molecule has 1 aliphatic heterocycles. The third-order valence-corrected chi connectivity index (χ3v) is 6.40. The Kier molecular flexibility index (Phi) is 6.39. The molecule has 12 heteroatoms. The number of hydrogen-bond donors (Lipinski definition) is 3. The molecule has 5 rings (SSSR count). The maximum Gasteiger partial charge on any atom is 0.417 e. The number of likely N-dealkylation sites (tertiary alicyclic amines) is 1. The Morgan fingerprint density at radius 2 is 2.03 bits per heavy atom. The Morgan fingerprint density at radius 3 is 2.70 bits per heavy atom. The molecular formula is C25H24F3N9. The number of aromatic nitrogens is 5. The number of alkyl halides is 3. The highest BCUT2D eigenvalue weighted by atomic mass is 19.4. The summed E-state index contributed by atoms with van der Waals surface area (Å²) in [4.78, 5) is 22.2. The lowest BCUT2D eigenvalue weighted by atomic mass is 10.1. The molecule has 5 heterocycles. The fraction of sp³-hybridized carbons (Fsp3) is 0.320. The third-order valence-electron chi connectivity index (χ3n) is 6.40. The number of nitrogens with zero attached hydrogens (tertiary/aromatic N) is 6. The minimum Gasteiger partial charge on any atom is -0.366 e. The standard InChI is InChI=1S/C25H24F3N9/c1-14(15-3-4-21(30-9-15)35-18-5-6-37(2)13-18)34-24-33-10-16(8-29)22(36-24)20-12-32-23-19(20)7-17(11-31-23)25(26,27)28/h3-4,7,9-12,14,18H,5-6,13H2,1-2H3,(H,30,35)(H,31,32)(H,33,34,36)/t14?,18-/m1/s1. The quantitative estimate of drug-likeness (QED) is 0.347. The molecule has 0 radical (unpaired) electrons. The predicted octanol–water partition coefficient (Wildman–Crippen LogP) is 4.59. The van der Waals surface area contributed by atoms with Gasteiger partial charge in [0.1, 0.15) is 17.5 Å². The van der Waals surface area contributed by atoms with Crippen molar-refractivity contribution in [2.24, 2.45) is 0 Å². The van der Waals surface area contributed by atoms with Gasteiger partial charge in [0.25, 0.3) is 0 Å². The SMILES string of the molecule is CC(Nc1ncc(C#N)c(-c2c[nH]c3ncc(C(F)(F)F)cc23)n1)c1ccc(N[C@@H]2CCN(C)C2)nc1. The number of anilines is 2. The van der Waals surface area contributed by atoms with E-state index in [-0.39, 0.29) is 34.3 Å². The molecule has 4 aromatic rings. The van der Waals surface area contributed by atoms with Crippen LogP contribution in [0.15, 0.2) is 43.0 Å². The lowest BCUT2D eigenvalue weighted by molar-refractivity contribution is -0.137. The summed E-state index contributed by atoms with van der Waals surface area (Å²) in [6.45, 7) is 3.95. The van der Waals surface area contributed by atoms with Gasteiger partial charge in [-0.3, -0.25) is 0 Å². The van der Waals surface area contributed by atoms with E-state index in [4.69, 9.17) is 0 Å². The molecule has 190 valence electrons. The molecule has 4 aromatic heterocycles. The number of pyridine rings is 2. The maximum atomic E-state index is 13.3. The van der Waals surface area contributed by atoms with Crippen molar-refractivity contribution in [1.82, 2.24) is 29.8 Å². The van der Waals surface area contributed by atoms with Crippen LogP contribution < -0.4 is 10.6 Å². The summed E-state index contributed by atoms with van der Waals surface area (Å²) in [6, 6.07) is 7.05. The summed E-state index contributed by atoms with van der Waals surface area (Å²) in [6.07, 6.45) is 1.90. The fourth-order valence-corrected chi connectivity index (χ4v) is 4.38. The zero-order valence-electron chi connectivity index (χ0n) is 20.1. The summed E-state index contributed by atoms with van der Waals surface area (Å²) >= 11 is 0. The van der Waals surface area contributed by atoms with Gasteiger partial charge in [0.2, 0.25) is 5.95 Å². The molecule has 1 aliphatic rings. The average Bonchev–Trinajstić information content (AvgIpc) is 3.49. The van der Waals surface area contributed by atoms with E-state index in [0.29, 0.717) is 11.6 Å². The molecule has 1 fully saturated rings. The third kappa shape index (κ3) is 5.17. The van der Waals surface area contributed by atoms with Gasteiger partial charge >= 0.3 is 6.18 Å². The maximum absolute atomic E-state index is 13.3. The summed E-state index contributed by atoms with van der Waals surface area (Å²) in [5, 5.41) is 16.4. The molecule has 9 nitrogen and oxygen atoms in total. The Hall–Kier alpha value is -4.24. The number of nitrogens with one attached hydrogen (secondary N) is 3. The topological polar surface area (TPSA) is 118 Å². The van der Waals surface area contributed by atoms with Crippen molar-refractivity contribution in [3.63, 3.8) is 0 Å². The van der Waals surface area contributed by atoms with Gasteiger partial charge in [-0.05, 0) is 44.6 Å². The first-order valence-electron chi connectivity index (χ1n) is 11.7. The van der Waals surface area contributed by atoms with Crippen molar-refractivity contribution in [2.45, 2.75) is 31.6 Å². The van der Waals surface area contributed by atoms with Gasteiger partial charge in [-0.2, -0.15) is 18.4 Å². The molecule has 1 unspecified atom stereocenters. The Morgan fingerprint density at radius 1 is 1.19 bits per heavy atom. The Bertz CT molecular complexity index is 1460. The minimum absolute atomic E-state index is 0.131. The number of aromatic amines is 1. The molecule has 0 aromatic carbocycles. The van der Waals surface area contributed by atoms with Crippen LogP contribution in [0.5, 0.6) is 0 Å². The van der Waals surface area contributed by atoms with Gasteiger partial charge in [-0.25, -0.2) is 19.9 Å². The normalized spacial score (nSPS) is 17.0. The smallest absolute Gasteiger partial charge is 0.366 e. The second-order valence-corrected chi connectivity index (χ2v) is 9.12. The molecule has 2 atom stereocenters. The van der Waals surface area contributed by atoms with Crippen molar-refractivity contribution < 1.29 is 13.2 Å². The zero-order valence-corrected chi connectivity index (χ0v) is 20.1. The van der Waals surface area contributed by atoms with Crippen molar-refractivity contribution in [2.75, 3.05) is 30.8 Å². The van der Waals surface area contributed by atoms with Gasteiger partial charge in [0.05, 0.1) is 29.1 Å². The molecule has 0 aliphatic carbocycles. The van der Waals surface area contributed by atoms with Crippen LogP contribution >= 0.6 is 0 Å². The number of fused-ring (bicyclic) bond motifs is 1. The van der Waals surface area contributed by atoms with Gasteiger partial charge in [0, 0.05) is 42.1 Å². The first-order valence-corrected chi connectivity index (χ1v) is 11.7. The Balaban J connectivity index is 1.38. The van der Waals surface area contributed by atoms with Gasteiger partial charge in [-0.15, -0.1) is 0 Å². The first kappa shape index (κ1) is 24.5. The van der Waals surface area contributed by atoms with Crippen LogP contribution in [-0.4, -0.2) is 56.0 Å². The molecule has 0 spiro atoms. The van der Waals surface area contributed by atoms with Crippen LogP contribution in [0, 0.1) is 11.3 Å². The van der Waals surface area contributed by atoms with E-state index >= 15 is 0 Å². The second kappa shape index (κ2) is 9.67. The van der Waals surface area contributed by atoms with Gasteiger partial charge < -0.3 is 20.5 Å². The van der Waals surface area contributed by atoms with Crippen LogP contribution in [0.4, 0.5) is 24.9 Å². The molecule has 1 saturated heterocycles. The lowest BCUT2D eigenvalue weighted by Gasteiger charge is -2.17. The van der Waals surface area contributed by atoms with Crippen molar-refractivity contribution in [3.8, 4) is 17.3 Å². The van der Waals surface area contributed by atoms with E-state index in [1.165, 1.54) is 12.4 Å². The molecule has 0 bridgehead atoms. The zero-order chi connectivity index (χ0) is 26.2. The average molecular weight is 508 g/mol. The first-order chi connectivity index (χ1) is 17.7. The lowest BCUT2D eigenvalue weighted by Crippen LogP contribution is -2.24. The summed E-state index contributed by atoms with van der Waals surface area (Å²) in [5.41, 5.74) is 0.945. The van der Waals surface area contributed by atoms with E-state index in [0.717, 1.165) is 43.2 Å². The second-order valence-electron chi connectivity index (χ2n) is 9.12. The van der Waals surface area contributed by atoms with E-state index < -0.39 is 11.7 Å². The highest BCUT2D eigenvalue weighted by Crippen LogP contribution is 2.35. The van der Waals surface area contributed by atoms with Gasteiger partial charge in [-0.1, -0.05) is 6.07 Å². The predicted molar refractivity (Wildman–Crippen MR) is 133 cm³/mol. The number of nitriles is 1. The number of H-pyrrole nitrogens is 1. The molecule has 0 amide bonds. The summed E-state index contributed by atoms with van der Waals surface area (Å²) in [5.74, 6) is 1.03. The summed E-state index contributed by atoms with van der Waals surface area (Å²) < 4.78 is 39.8. The number of likely N-dealkylation sites (N-methyl/N-ethyl adjacent to an activating group) is 1. The van der Waals surface area contributed by atoms with Crippen molar-refractivity contribution >= 4 is 22.8 Å². The van der Waals surface area contributed by atoms with E-state index in [1.54, 1.807) is 6.20 Å². The molecule has 0 saturated carbocycles. The minimum atomic E-state index is -4.55. The highest BCUT2D eigenvalue weighted by molar-refractivity contribution is 5.94. The van der Waals surface area contributed by atoms with Crippen LogP contribution in [0.3, 0.4) is 0 Å². The van der Waals surface area contributed by atoms with Crippen LogP contribution in [0.25, 0.3) is 22.3 Å². The largest absolute Gasteiger partial charge is 0.417 e. The number of halogens is 3. The van der Waals surface area contributed by atoms with E-state index in [2.05, 4.69) is 47.5 Å². The monoisotopic (exact) mass is 507 g/mol. The molecular weight excluding hydrogens is 483 g/mol. The molecule has 3 N–H and O–H groups in total. The Labute approximate surface area is 210 Å². The van der Waals surface area contributed by atoms with Crippen LogP contribution in [0.1, 0.15) is 36.1 Å². The number of hydrogen-bond acceptors (Lipinski definition) is 8. The van der Waals surface area contributed by atoms with Crippen LogP contribution in [0.2, 0.25) is 0 Å². The van der Waals surface area contributed by atoms with Crippen molar-refractivity contribution in [3.05, 3.63) is 59.7 Å². The summed E-state index contributed by atoms with van der Waals surface area (Å²) in [7, 11) is 2.09. The fourth-order valence-electron chi connectivity index (χ4n) is 4.38. The van der Waals surface area contributed by atoms with Gasteiger partial charge in [0.15, 0.2) is 0 Å². The van der Waals surface area contributed by atoms with E-state index in [1.807, 2.05) is 25.1 Å². The molecule has 37 heavy (non-hydrogen) atoms. The van der Waals surface area contributed by atoms with Crippen LogP contribution in [-0.2, 0) is 6.18 Å². The van der Waals surface area contributed by atoms with E-state index in [9.17, 15) is 18.4 Å². The highest BCUT2D eigenvalue weighted by Gasteiger charge is 2.31. The number of rotatable bonds is 6. The van der Waals surface area contributed by atoms with Crippen molar-refractivity contribution in [1.29, 1.82) is 5.26 Å².